The molecule has 0 saturated carbocycles. The van der Waals surface area contributed by atoms with Crippen molar-refractivity contribution in [2.75, 3.05) is 0 Å². The highest BCUT2D eigenvalue weighted by Crippen LogP contribution is 2.38. The third kappa shape index (κ3) is 3.73. The molecule has 1 aromatic heterocycles. The van der Waals surface area contributed by atoms with Crippen LogP contribution in [0.2, 0.25) is 0 Å². The molecule has 27 heavy (non-hydrogen) atoms. The molecule has 1 aliphatic heterocycles. The molecule has 8 heteroatoms. The van der Waals surface area contributed by atoms with E-state index in [1.807, 2.05) is 66.7 Å². The van der Waals surface area contributed by atoms with Gasteiger partial charge in [-0.25, -0.2) is 9.36 Å². The number of carbonyl (C=O) groups excluding carboxylic acids is 1. The fourth-order valence-corrected chi connectivity index (χ4v) is 3.90. The molecule has 1 fully saturated rings. The first-order valence-electron chi connectivity index (χ1n) is 8.82. The van der Waals surface area contributed by atoms with Crippen LogP contribution in [-0.4, -0.2) is 34.6 Å². The number of benzene rings is 1. The highest BCUT2D eigenvalue weighted by Gasteiger charge is 2.51. The molecular weight excluding hydrogens is 477 g/mol. The molecular formula is C19H24BBr2NO4. The van der Waals surface area contributed by atoms with E-state index >= 15 is 0 Å². The lowest BCUT2D eigenvalue weighted by Crippen LogP contribution is -2.41. The largest absolute Gasteiger partial charge is 0.494 e. The summed E-state index contributed by atoms with van der Waals surface area (Å²) in [4.78, 5) is 12.7. The Morgan fingerprint density at radius 2 is 1.67 bits per heavy atom. The van der Waals surface area contributed by atoms with Gasteiger partial charge in [0.15, 0.2) is 0 Å². The van der Waals surface area contributed by atoms with Gasteiger partial charge in [-0.05, 0) is 91.9 Å². The van der Waals surface area contributed by atoms with E-state index in [-0.39, 0.29) is 0 Å². The Labute approximate surface area is 177 Å². The van der Waals surface area contributed by atoms with Crippen LogP contribution in [0.5, 0.6) is 0 Å². The summed E-state index contributed by atoms with van der Waals surface area (Å²) in [5.41, 5.74) is 0.237. The van der Waals surface area contributed by atoms with E-state index in [9.17, 15) is 4.79 Å². The molecule has 0 unspecified atom stereocenters. The van der Waals surface area contributed by atoms with Crippen molar-refractivity contribution in [3.63, 3.8) is 0 Å². The third-order valence-corrected chi connectivity index (χ3v) is 7.06. The van der Waals surface area contributed by atoms with E-state index < -0.39 is 30.0 Å². The molecule has 2 heterocycles. The topological polar surface area (TPSA) is 49.7 Å². The smallest absolute Gasteiger partial charge is 0.443 e. The molecule has 0 radical (unpaired) electrons. The Bertz CT molecular complexity index is 899. The lowest BCUT2D eigenvalue weighted by molar-refractivity contribution is 0.00578. The summed E-state index contributed by atoms with van der Waals surface area (Å²) in [5.74, 6) is 0. The van der Waals surface area contributed by atoms with Gasteiger partial charge in [0, 0.05) is 5.39 Å². The lowest BCUT2D eigenvalue weighted by Gasteiger charge is -2.32. The highest BCUT2D eigenvalue weighted by molar-refractivity contribution is 9.13. The number of carbonyl (C=O) groups is 1. The molecule has 0 aliphatic carbocycles. The second-order valence-corrected chi connectivity index (χ2v) is 10.3. The molecule has 3 rings (SSSR count). The SMILES string of the molecule is CC(C)(C)OC(=O)n1c(Br)c(Br)c2cc(B3OC(C)(C)C(C)(C)O3)ccc21. The van der Waals surface area contributed by atoms with Gasteiger partial charge >= 0.3 is 13.2 Å². The fraction of sp³-hybridized carbons (Fsp3) is 0.526. The average Bonchev–Trinajstić information content (AvgIpc) is 2.88. The van der Waals surface area contributed by atoms with Gasteiger partial charge in [-0.3, -0.25) is 0 Å². The van der Waals surface area contributed by atoms with Crippen LogP contribution in [0, 0.1) is 0 Å². The first-order chi connectivity index (χ1) is 12.2. The monoisotopic (exact) mass is 499 g/mol. The van der Waals surface area contributed by atoms with E-state index in [0.717, 1.165) is 20.8 Å². The van der Waals surface area contributed by atoms with E-state index in [1.165, 1.54) is 4.57 Å². The van der Waals surface area contributed by atoms with Gasteiger partial charge in [0.25, 0.3) is 0 Å². The van der Waals surface area contributed by atoms with Crippen LogP contribution in [0.15, 0.2) is 27.3 Å². The minimum atomic E-state index is -0.581. The van der Waals surface area contributed by atoms with Crippen molar-refractivity contribution in [1.29, 1.82) is 0 Å². The average molecular weight is 501 g/mol. The van der Waals surface area contributed by atoms with Crippen molar-refractivity contribution in [2.24, 2.45) is 0 Å². The molecule has 5 nitrogen and oxygen atoms in total. The summed E-state index contributed by atoms with van der Waals surface area (Å²) in [6.07, 6.45) is -0.437. The molecule has 0 atom stereocenters. The Balaban J connectivity index is 2.03. The molecule has 0 bridgehead atoms. The maximum atomic E-state index is 12.7. The van der Waals surface area contributed by atoms with Crippen LogP contribution < -0.4 is 5.46 Å². The van der Waals surface area contributed by atoms with Gasteiger partial charge in [-0.2, -0.15) is 0 Å². The van der Waals surface area contributed by atoms with Gasteiger partial charge in [0.2, 0.25) is 0 Å². The van der Waals surface area contributed by atoms with E-state index in [1.54, 1.807) is 0 Å². The number of fused-ring (bicyclic) bond motifs is 1. The summed E-state index contributed by atoms with van der Waals surface area (Å²) < 4.78 is 20.7. The van der Waals surface area contributed by atoms with E-state index in [0.29, 0.717) is 4.60 Å². The zero-order chi connectivity index (χ0) is 20.4. The number of halogens is 2. The fourth-order valence-electron chi connectivity index (χ4n) is 2.85. The summed E-state index contributed by atoms with van der Waals surface area (Å²) in [5, 5.41) is 0.875. The quantitative estimate of drug-likeness (QED) is 0.502. The second kappa shape index (κ2) is 6.61. The predicted octanol–water partition coefficient (Wildman–Crippen LogP) is 5.25. The Morgan fingerprint density at radius 1 is 1.11 bits per heavy atom. The maximum Gasteiger partial charge on any atom is 0.494 e. The lowest BCUT2D eigenvalue weighted by atomic mass is 9.78. The number of nitrogens with zero attached hydrogens (tertiary/aromatic N) is 1. The minimum absolute atomic E-state index is 0.410. The summed E-state index contributed by atoms with van der Waals surface area (Å²) >= 11 is 7.08. The molecule has 2 aromatic rings. The van der Waals surface area contributed by atoms with Crippen molar-refractivity contribution in [1.82, 2.24) is 4.57 Å². The Kier molecular flexibility index (Phi) is 5.12. The molecule has 1 aliphatic rings. The molecule has 0 amide bonds. The van der Waals surface area contributed by atoms with Crippen LogP contribution in [0.1, 0.15) is 48.5 Å². The third-order valence-electron chi connectivity index (χ3n) is 4.98. The zero-order valence-corrected chi connectivity index (χ0v) is 19.8. The van der Waals surface area contributed by atoms with Crippen LogP contribution in [0.4, 0.5) is 4.79 Å². The minimum Gasteiger partial charge on any atom is -0.443 e. The van der Waals surface area contributed by atoms with Crippen molar-refractivity contribution in [3.8, 4) is 0 Å². The van der Waals surface area contributed by atoms with Crippen LogP contribution >= 0.6 is 31.9 Å². The zero-order valence-electron chi connectivity index (χ0n) is 16.6. The number of hydrogen-bond donors (Lipinski definition) is 0. The van der Waals surface area contributed by atoms with Gasteiger partial charge in [-0.15, -0.1) is 0 Å². The summed E-state index contributed by atoms with van der Waals surface area (Å²) in [6.45, 7) is 13.6. The van der Waals surface area contributed by atoms with Crippen molar-refractivity contribution < 1.29 is 18.8 Å². The molecule has 0 N–H and O–H groups in total. The van der Waals surface area contributed by atoms with E-state index in [4.69, 9.17) is 14.0 Å². The molecule has 1 saturated heterocycles. The van der Waals surface area contributed by atoms with Crippen LogP contribution in [0.25, 0.3) is 10.9 Å². The summed E-state index contributed by atoms with van der Waals surface area (Å²) in [7, 11) is -0.463. The normalized spacial score (nSPS) is 18.9. The first kappa shape index (κ1) is 20.9. The summed E-state index contributed by atoms with van der Waals surface area (Å²) in [6, 6.07) is 5.78. The van der Waals surface area contributed by atoms with Crippen molar-refractivity contribution in [3.05, 3.63) is 27.3 Å². The van der Waals surface area contributed by atoms with Gasteiger partial charge < -0.3 is 14.0 Å². The van der Waals surface area contributed by atoms with Gasteiger partial charge in [0.1, 0.15) is 10.2 Å². The highest BCUT2D eigenvalue weighted by atomic mass is 79.9. The molecule has 1 aromatic carbocycles. The standard InChI is InChI=1S/C19H24BBr2NO4/c1-17(2,3)25-16(24)23-13-9-8-11(10-12(13)14(21)15(23)22)20-26-18(4,5)19(6,7)27-20/h8-10H,1-7H3. The molecule has 146 valence electrons. The number of ether oxygens (including phenoxy) is 1. The first-order valence-corrected chi connectivity index (χ1v) is 10.4. The maximum absolute atomic E-state index is 12.7. The number of rotatable bonds is 1. The molecule has 0 spiro atoms. The second-order valence-electron chi connectivity index (χ2n) is 8.79. The van der Waals surface area contributed by atoms with Crippen LogP contribution in [0.3, 0.4) is 0 Å². The number of hydrogen-bond acceptors (Lipinski definition) is 4. The number of aromatic nitrogens is 1. The Morgan fingerprint density at radius 3 is 2.19 bits per heavy atom. The van der Waals surface area contributed by atoms with Crippen molar-refractivity contribution >= 4 is 61.4 Å². The van der Waals surface area contributed by atoms with E-state index in [2.05, 4.69) is 31.9 Å². The van der Waals surface area contributed by atoms with Crippen LogP contribution in [-0.2, 0) is 14.0 Å². The van der Waals surface area contributed by atoms with Gasteiger partial charge in [-0.1, -0.05) is 12.1 Å². The van der Waals surface area contributed by atoms with Crippen molar-refractivity contribution in [2.45, 2.75) is 65.3 Å². The predicted molar refractivity (Wildman–Crippen MR) is 115 cm³/mol. The van der Waals surface area contributed by atoms with Gasteiger partial charge in [0.05, 0.1) is 21.2 Å². The Hall–Kier alpha value is -0.825.